The van der Waals surface area contributed by atoms with Crippen LogP contribution in [0.25, 0.3) is 0 Å². The standard InChI is InChI=1S/C19H31N3O3S.ClH/c1-3-21(4-2)26(24,25)18-11-8-16(9-12-18)10-13-19(23)22-14-6-5-7-17(22)15-20;/h8-9,11-12,17H,3-7,10,13-15,20H2,1-2H3;1H. The number of amides is 1. The first-order chi connectivity index (χ1) is 12.4. The number of carbonyl (C=O) groups excluding carboxylic acids is 1. The number of sulfonamides is 1. The molecule has 0 aromatic heterocycles. The SMILES string of the molecule is CCN(CC)S(=O)(=O)c1ccc(CCC(=O)N2CCCCC2CN)cc1.Cl. The molecule has 1 aliphatic rings. The van der Waals surface area contributed by atoms with E-state index >= 15 is 0 Å². The van der Waals surface area contributed by atoms with Gasteiger partial charge in [-0.3, -0.25) is 4.79 Å². The Labute approximate surface area is 169 Å². The third-order valence-electron chi connectivity index (χ3n) is 5.11. The number of piperidine rings is 1. The Bertz CT molecular complexity index is 691. The molecule has 0 bridgehead atoms. The highest BCUT2D eigenvalue weighted by atomic mass is 35.5. The first-order valence-corrected chi connectivity index (χ1v) is 11.0. The molecule has 0 radical (unpaired) electrons. The minimum Gasteiger partial charge on any atom is -0.338 e. The van der Waals surface area contributed by atoms with E-state index in [1.54, 1.807) is 24.3 Å². The molecule has 8 heteroatoms. The molecule has 0 saturated carbocycles. The van der Waals surface area contributed by atoms with Crippen LogP contribution in [0.5, 0.6) is 0 Å². The van der Waals surface area contributed by atoms with Gasteiger partial charge in [-0.2, -0.15) is 4.31 Å². The number of hydrogen-bond acceptors (Lipinski definition) is 4. The lowest BCUT2D eigenvalue weighted by Crippen LogP contribution is -2.47. The van der Waals surface area contributed by atoms with E-state index in [0.29, 0.717) is 37.4 Å². The molecule has 1 aromatic carbocycles. The number of aryl methyl sites for hydroxylation is 1. The zero-order chi connectivity index (χ0) is 19.2. The molecule has 0 spiro atoms. The maximum absolute atomic E-state index is 12.5. The van der Waals surface area contributed by atoms with Crippen molar-refractivity contribution < 1.29 is 13.2 Å². The van der Waals surface area contributed by atoms with E-state index < -0.39 is 10.0 Å². The number of likely N-dealkylation sites (tertiary alicyclic amines) is 1. The predicted molar refractivity (Wildman–Crippen MR) is 111 cm³/mol. The molecule has 1 saturated heterocycles. The minimum absolute atomic E-state index is 0. The first-order valence-electron chi connectivity index (χ1n) is 9.52. The summed E-state index contributed by atoms with van der Waals surface area (Å²) in [5.41, 5.74) is 6.76. The van der Waals surface area contributed by atoms with Crippen LogP contribution in [0.2, 0.25) is 0 Å². The van der Waals surface area contributed by atoms with Crippen molar-refractivity contribution in [2.24, 2.45) is 5.73 Å². The molecule has 1 unspecified atom stereocenters. The van der Waals surface area contributed by atoms with Gasteiger partial charge < -0.3 is 10.6 Å². The Morgan fingerprint density at radius 3 is 2.37 bits per heavy atom. The van der Waals surface area contributed by atoms with Gasteiger partial charge in [-0.25, -0.2) is 8.42 Å². The molecule has 6 nitrogen and oxygen atoms in total. The third-order valence-corrected chi connectivity index (χ3v) is 7.18. The van der Waals surface area contributed by atoms with Crippen LogP contribution in [0.4, 0.5) is 0 Å². The molecule has 1 atom stereocenters. The van der Waals surface area contributed by atoms with E-state index in [1.807, 2.05) is 18.7 Å². The lowest BCUT2D eigenvalue weighted by molar-refractivity contribution is -0.134. The van der Waals surface area contributed by atoms with Crippen molar-refractivity contribution in [1.29, 1.82) is 0 Å². The molecule has 0 aliphatic carbocycles. The van der Waals surface area contributed by atoms with Crippen LogP contribution in [-0.4, -0.2) is 55.8 Å². The average molecular weight is 418 g/mol. The van der Waals surface area contributed by atoms with E-state index in [-0.39, 0.29) is 24.4 Å². The van der Waals surface area contributed by atoms with Crippen molar-refractivity contribution in [3.8, 4) is 0 Å². The topological polar surface area (TPSA) is 83.7 Å². The van der Waals surface area contributed by atoms with E-state index in [2.05, 4.69) is 0 Å². The van der Waals surface area contributed by atoms with E-state index in [1.165, 1.54) is 4.31 Å². The zero-order valence-corrected chi connectivity index (χ0v) is 17.9. The Kier molecular flexibility index (Phi) is 9.73. The summed E-state index contributed by atoms with van der Waals surface area (Å²) in [7, 11) is -3.43. The first kappa shape index (κ1) is 23.9. The summed E-state index contributed by atoms with van der Waals surface area (Å²) in [6.07, 6.45) is 4.20. The van der Waals surface area contributed by atoms with Crippen molar-refractivity contribution in [3.05, 3.63) is 29.8 Å². The van der Waals surface area contributed by atoms with Crippen molar-refractivity contribution in [3.63, 3.8) is 0 Å². The van der Waals surface area contributed by atoms with Crippen LogP contribution >= 0.6 is 12.4 Å². The molecular weight excluding hydrogens is 386 g/mol. The summed E-state index contributed by atoms with van der Waals surface area (Å²) < 4.78 is 26.4. The maximum atomic E-state index is 12.5. The van der Waals surface area contributed by atoms with Gasteiger partial charge in [0.05, 0.1) is 4.90 Å². The highest BCUT2D eigenvalue weighted by molar-refractivity contribution is 7.89. The minimum atomic E-state index is -3.43. The van der Waals surface area contributed by atoms with Gasteiger partial charge in [0, 0.05) is 38.6 Å². The van der Waals surface area contributed by atoms with Gasteiger partial charge in [-0.15, -0.1) is 12.4 Å². The summed E-state index contributed by atoms with van der Waals surface area (Å²) in [4.78, 5) is 14.7. The fourth-order valence-corrected chi connectivity index (χ4v) is 4.97. The zero-order valence-electron chi connectivity index (χ0n) is 16.3. The van der Waals surface area contributed by atoms with Crippen molar-refractivity contribution >= 4 is 28.3 Å². The molecule has 1 aliphatic heterocycles. The van der Waals surface area contributed by atoms with Gasteiger partial charge in [0.25, 0.3) is 0 Å². The van der Waals surface area contributed by atoms with Gasteiger partial charge in [0.15, 0.2) is 0 Å². The Morgan fingerprint density at radius 1 is 1.19 bits per heavy atom. The molecule has 154 valence electrons. The normalized spacial score (nSPS) is 17.6. The van der Waals surface area contributed by atoms with E-state index in [0.717, 1.165) is 31.4 Å². The van der Waals surface area contributed by atoms with Crippen LogP contribution in [0.15, 0.2) is 29.2 Å². The Morgan fingerprint density at radius 2 is 1.81 bits per heavy atom. The summed E-state index contributed by atoms with van der Waals surface area (Å²) in [5, 5.41) is 0. The Balaban J connectivity index is 0.00000364. The molecular formula is C19H32ClN3O3S. The lowest BCUT2D eigenvalue weighted by atomic mass is 10.0. The number of nitrogens with two attached hydrogens (primary N) is 1. The van der Waals surface area contributed by atoms with E-state index in [9.17, 15) is 13.2 Å². The van der Waals surface area contributed by atoms with Crippen LogP contribution in [0.3, 0.4) is 0 Å². The van der Waals surface area contributed by atoms with Gasteiger partial charge in [0.2, 0.25) is 15.9 Å². The number of benzene rings is 1. The molecule has 1 amide bonds. The van der Waals surface area contributed by atoms with Crippen LogP contribution < -0.4 is 5.73 Å². The van der Waals surface area contributed by atoms with Gasteiger partial charge in [-0.05, 0) is 43.4 Å². The summed E-state index contributed by atoms with van der Waals surface area (Å²) in [5.74, 6) is 0.139. The van der Waals surface area contributed by atoms with Crippen LogP contribution in [-0.2, 0) is 21.2 Å². The number of hydrogen-bond donors (Lipinski definition) is 1. The second kappa shape index (κ2) is 11.0. The number of nitrogens with zero attached hydrogens (tertiary/aromatic N) is 2. The smallest absolute Gasteiger partial charge is 0.243 e. The largest absolute Gasteiger partial charge is 0.338 e. The van der Waals surface area contributed by atoms with Crippen LogP contribution in [0.1, 0.15) is 45.1 Å². The molecule has 2 rings (SSSR count). The van der Waals surface area contributed by atoms with Gasteiger partial charge in [-0.1, -0.05) is 26.0 Å². The van der Waals surface area contributed by atoms with Crippen molar-refractivity contribution in [2.75, 3.05) is 26.2 Å². The maximum Gasteiger partial charge on any atom is 0.243 e. The second-order valence-corrected chi connectivity index (χ2v) is 8.64. The third kappa shape index (κ3) is 5.91. The highest BCUT2D eigenvalue weighted by Gasteiger charge is 2.25. The van der Waals surface area contributed by atoms with E-state index in [4.69, 9.17) is 5.73 Å². The van der Waals surface area contributed by atoms with Gasteiger partial charge >= 0.3 is 0 Å². The molecule has 27 heavy (non-hydrogen) atoms. The monoisotopic (exact) mass is 417 g/mol. The summed E-state index contributed by atoms with van der Waals surface area (Å²) in [6.45, 7) is 5.87. The number of halogens is 1. The lowest BCUT2D eigenvalue weighted by Gasteiger charge is -2.35. The number of rotatable bonds is 8. The molecule has 1 heterocycles. The average Bonchev–Trinajstić information content (AvgIpc) is 2.67. The molecule has 1 fully saturated rings. The number of carbonyl (C=O) groups is 1. The summed E-state index contributed by atoms with van der Waals surface area (Å²) >= 11 is 0. The fraction of sp³-hybridized carbons (Fsp3) is 0.632. The molecule has 2 N–H and O–H groups in total. The Hall–Kier alpha value is -1.15. The highest BCUT2D eigenvalue weighted by Crippen LogP contribution is 2.19. The second-order valence-electron chi connectivity index (χ2n) is 6.71. The fourth-order valence-electron chi connectivity index (χ4n) is 3.51. The van der Waals surface area contributed by atoms with Crippen molar-refractivity contribution in [1.82, 2.24) is 9.21 Å². The van der Waals surface area contributed by atoms with Crippen LogP contribution in [0, 0.1) is 0 Å². The summed E-state index contributed by atoms with van der Waals surface area (Å²) in [6, 6.07) is 7.05. The van der Waals surface area contributed by atoms with Gasteiger partial charge in [0.1, 0.15) is 0 Å². The van der Waals surface area contributed by atoms with Crippen molar-refractivity contribution in [2.45, 2.75) is 56.9 Å². The predicted octanol–water partition coefficient (Wildman–Crippen LogP) is 2.41. The molecule has 1 aromatic rings. The quantitative estimate of drug-likeness (QED) is 0.703.